The molecule has 2 rings (SSSR count). The molecule has 0 saturated carbocycles. The lowest BCUT2D eigenvalue weighted by Crippen LogP contribution is -2.22. The summed E-state index contributed by atoms with van der Waals surface area (Å²) in [5.41, 5.74) is 2.36. The largest absolute Gasteiger partial charge is 0.493 e. The molecular weight excluding hydrogens is 226 g/mol. The summed E-state index contributed by atoms with van der Waals surface area (Å²) in [6, 6.07) is 10.6. The summed E-state index contributed by atoms with van der Waals surface area (Å²) in [6.07, 6.45) is 2.66. The van der Waals surface area contributed by atoms with Gasteiger partial charge in [0.1, 0.15) is 0 Å². The summed E-state index contributed by atoms with van der Waals surface area (Å²) in [5, 5.41) is 7.58. The van der Waals surface area contributed by atoms with Gasteiger partial charge in [-0.25, -0.2) is 0 Å². The summed E-state index contributed by atoms with van der Waals surface area (Å²) in [4.78, 5) is 0. The Bertz CT molecular complexity index is 493. The SMILES string of the molecule is CNC(Cc1ccccc1)c1c(OC)cnn1C. The van der Waals surface area contributed by atoms with Crippen LogP contribution in [0, 0.1) is 0 Å². The Morgan fingerprint density at radius 1 is 1.33 bits per heavy atom. The number of benzene rings is 1. The van der Waals surface area contributed by atoms with E-state index in [9.17, 15) is 0 Å². The van der Waals surface area contributed by atoms with Crippen LogP contribution in [-0.4, -0.2) is 23.9 Å². The number of likely N-dealkylation sites (N-methyl/N-ethyl adjacent to an activating group) is 1. The molecule has 1 unspecified atom stereocenters. The highest BCUT2D eigenvalue weighted by atomic mass is 16.5. The fraction of sp³-hybridized carbons (Fsp3) is 0.357. The van der Waals surface area contributed by atoms with Gasteiger partial charge in [0.05, 0.1) is 25.0 Å². The molecule has 0 amide bonds. The van der Waals surface area contributed by atoms with Crippen molar-refractivity contribution in [3.8, 4) is 5.75 Å². The number of methoxy groups -OCH3 is 1. The van der Waals surface area contributed by atoms with Crippen LogP contribution in [0.3, 0.4) is 0 Å². The van der Waals surface area contributed by atoms with Crippen molar-refractivity contribution >= 4 is 0 Å². The van der Waals surface area contributed by atoms with E-state index >= 15 is 0 Å². The van der Waals surface area contributed by atoms with Crippen LogP contribution in [0.15, 0.2) is 36.5 Å². The number of rotatable bonds is 5. The van der Waals surface area contributed by atoms with Crippen LogP contribution in [0.4, 0.5) is 0 Å². The molecule has 1 aromatic carbocycles. The highest BCUT2D eigenvalue weighted by Gasteiger charge is 2.19. The first-order valence-electron chi connectivity index (χ1n) is 6.03. The molecule has 1 aromatic heterocycles. The molecule has 0 spiro atoms. The highest BCUT2D eigenvalue weighted by Crippen LogP contribution is 2.26. The Kier molecular flexibility index (Phi) is 3.99. The monoisotopic (exact) mass is 245 g/mol. The van der Waals surface area contributed by atoms with Gasteiger partial charge >= 0.3 is 0 Å². The Balaban J connectivity index is 2.25. The van der Waals surface area contributed by atoms with Crippen LogP contribution < -0.4 is 10.1 Å². The van der Waals surface area contributed by atoms with Gasteiger partial charge in [-0.05, 0) is 19.0 Å². The summed E-state index contributed by atoms with van der Waals surface area (Å²) >= 11 is 0. The molecule has 0 aliphatic heterocycles. The van der Waals surface area contributed by atoms with E-state index in [1.807, 2.05) is 24.8 Å². The van der Waals surface area contributed by atoms with E-state index in [2.05, 4.69) is 34.7 Å². The second-order valence-corrected chi connectivity index (χ2v) is 4.25. The first kappa shape index (κ1) is 12.6. The molecule has 0 saturated heterocycles. The standard InChI is InChI=1S/C14H19N3O/c1-15-12(9-11-7-5-4-6-8-11)14-13(18-3)10-16-17(14)2/h4-8,10,12,15H,9H2,1-3H3. The van der Waals surface area contributed by atoms with Crippen LogP contribution in [0.2, 0.25) is 0 Å². The van der Waals surface area contributed by atoms with Gasteiger partial charge in [0.2, 0.25) is 0 Å². The van der Waals surface area contributed by atoms with Crippen LogP contribution in [0.25, 0.3) is 0 Å². The minimum Gasteiger partial charge on any atom is -0.493 e. The molecule has 1 atom stereocenters. The lowest BCUT2D eigenvalue weighted by atomic mass is 10.0. The fourth-order valence-corrected chi connectivity index (χ4v) is 2.17. The zero-order valence-corrected chi connectivity index (χ0v) is 11.1. The van der Waals surface area contributed by atoms with Gasteiger partial charge in [-0.3, -0.25) is 4.68 Å². The zero-order chi connectivity index (χ0) is 13.0. The van der Waals surface area contributed by atoms with Gasteiger partial charge in [0.25, 0.3) is 0 Å². The molecule has 0 radical (unpaired) electrons. The normalized spacial score (nSPS) is 12.4. The number of aromatic nitrogens is 2. The second-order valence-electron chi connectivity index (χ2n) is 4.25. The van der Waals surface area contributed by atoms with Crippen molar-refractivity contribution < 1.29 is 4.74 Å². The van der Waals surface area contributed by atoms with E-state index in [-0.39, 0.29) is 6.04 Å². The average Bonchev–Trinajstić information content (AvgIpc) is 2.78. The van der Waals surface area contributed by atoms with E-state index in [1.165, 1.54) is 5.56 Å². The molecule has 0 bridgehead atoms. The molecule has 4 heteroatoms. The van der Waals surface area contributed by atoms with Gasteiger partial charge in [-0.2, -0.15) is 5.10 Å². The first-order chi connectivity index (χ1) is 8.76. The van der Waals surface area contributed by atoms with Crippen LogP contribution in [-0.2, 0) is 13.5 Å². The van der Waals surface area contributed by atoms with Crippen LogP contribution >= 0.6 is 0 Å². The third-order valence-corrected chi connectivity index (χ3v) is 3.13. The number of ether oxygens (including phenoxy) is 1. The maximum Gasteiger partial charge on any atom is 0.161 e. The van der Waals surface area contributed by atoms with E-state index in [0.29, 0.717) is 0 Å². The molecule has 18 heavy (non-hydrogen) atoms. The fourth-order valence-electron chi connectivity index (χ4n) is 2.17. The van der Waals surface area contributed by atoms with Gasteiger partial charge in [-0.1, -0.05) is 30.3 Å². The van der Waals surface area contributed by atoms with Crippen molar-refractivity contribution in [2.24, 2.45) is 7.05 Å². The third kappa shape index (κ3) is 2.54. The minimum absolute atomic E-state index is 0.190. The number of nitrogens with one attached hydrogen (secondary N) is 1. The van der Waals surface area contributed by atoms with Gasteiger partial charge < -0.3 is 10.1 Å². The molecule has 0 aliphatic rings. The Hall–Kier alpha value is -1.81. The Morgan fingerprint density at radius 3 is 2.67 bits per heavy atom. The number of nitrogens with zero attached hydrogens (tertiary/aromatic N) is 2. The second kappa shape index (κ2) is 5.69. The van der Waals surface area contributed by atoms with Gasteiger partial charge in [0.15, 0.2) is 5.75 Å². The molecular formula is C14H19N3O. The molecule has 96 valence electrons. The first-order valence-corrected chi connectivity index (χ1v) is 6.03. The number of hydrogen-bond acceptors (Lipinski definition) is 3. The van der Waals surface area contributed by atoms with Crippen LogP contribution in [0.1, 0.15) is 17.3 Å². The number of aryl methyl sites for hydroxylation is 1. The molecule has 2 aromatic rings. The van der Waals surface area contributed by atoms with Crippen molar-refractivity contribution in [1.29, 1.82) is 0 Å². The smallest absolute Gasteiger partial charge is 0.161 e. The summed E-state index contributed by atoms with van der Waals surface area (Å²) in [5.74, 6) is 0.827. The van der Waals surface area contributed by atoms with Crippen molar-refractivity contribution in [2.45, 2.75) is 12.5 Å². The van der Waals surface area contributed by atoms with Gasteiger partial charge in [0, 0.05) is 7.05 Å². The quantitative estimate of drug-likeness (QED) is 0.875. The number of hydrogen-bond donors (Lipinski definition) is 1. The minimum atomic E-state index is 0.190. The average molecular weight is 245 g/mol. The molecule has 1 heterocycles. The summed E-state index contributed by atoms with van der Waals surface area (Å²) < 4.78 is 7.23. The van der Waals surface area contributed by atoms with Crippen LogP contribution in [0.5, 0.6) is 5.75 Å². The lowest BCUT2D eigenvalue weighted by Gasteiger charge is -2.18. The third-order valence-electron chi connectivity index (χ3n) is 3.13. The Labute approximate surface area is 108 Å². The topological polar surface area (TPSA) is 39.1 Å². The highest BCUT2D eigenvalue weighted by molar-refractivity contribution is 5.30. The molecule has 0 fully saturated rings. The molecule has 4 nitrogen and oxygen atoms in total. The predicted molar refractivity (Wildman–Crippen MR) is 71.7 cm³/mol. The lowest BCUT2D eigenvalue weighted by molar-refractivity contribution is 0.397. The van der Waals surface area contributed by atoms with E-state index < -0.39 is 0 Å². The predicted octanol–water partition coefficient (Wildman–Crippen LogP) is 1.93. The van der Waals surface area contributed by atoms with Crippen molar-refractivity contribution in [1.82, 2.24) is 15.1 Å². The summed E-state index contributed by atoms with van der Waals surface area (Å²) in [7, 11) is 5.57. The zero-order valence-electron chi connectivity index (χ0n) is 11.1. The van der Waals surface area contributed by atoms with E-state index in [4.69, 9.17) is 4.74 Å². The van der Waals surface area contributed by atoms with Crippen molar-refractivity contribution in [3.63, 3.8) is 0 Å². The van der Waals surface area contributed by atoms with Crippen molar-refractivity contribution in [2.75, 3.05) is 14.2 Å². The van der Waals surface area contributed by atoms with E-state index in [0.717, 1.165) is 17.9 Å². The van der Waals surface area contributed by atoms with Gasteiger partial charge in [-0.15, -0.1) is 0 Å². The molecule has 1 N–H and O–H groups in total. The Morgan fingerprint density at radius 2 is 2.06 bits per heavy atom. The van der Waals surface area contributed by atoms with E-state index in [1.54, 1.807) is 13.3 Å². The molecule has 0 aliphatic carbocycles. The maximum atomic E-state index is 5.36. The summed E-state index contributed by atoms with van der Waals surface area (Å²) in [6.45, 7) is 0. The maximum absolute atomic E-state index is 5.36. The van der Waals surface area contributed by atoms with Crippen molar-refractivity contribution in [3.05, 3.63) is 47.8 Å².